The van der Waals surface area contributed by atoms with Crippen LogP contribution in [0.2, 0.25) is 5.02 Å². The molecule has 6 nitrogen and oxygen atoms in total. The van der Waals surface area contributed by atoms with Gasteiger partial charge in [0.15, 0.2) is 11.0 Å². The predicted octanol–water partition coefficient (Wildman–Crippen LogP) is 6.28. The minimum absolute atomic E-state index is 0.108. The van der Waals surface area contributed by atoms with Crippen molar-refractivity contribution in [3.8, 4) is 22.8 Å². The number of halogens is 1. The normalized spacial score (nSPS) is 10.8. The van der Waals surface area contributed by atoms with Crippen LogP contribution in [0.25, 0.3) is 17.1 Å². The summed E-state index contributed by atoms with van der Waals surface area (Å²) in [6, 6.07) is 23.0. The van der Waals surface area contributed by atoms with Crippen molar-refractivity contribution < 1.29 is 9.53 Å². The molecule has 0 aliphatic rings. The zero-order chi connectivity index (χ0) is 23.9. The monoisotopic (exact) mass is 492 g/mol. The Morgan fingerprint density at radius 3 is 2.32 bits per heavy atom. The fraction of sp³-hybridized carbons (Fsp3) is 0.192. The van der Waals surface area contributed by atoms with Crippen molar-refractivity contribution in [3.05, 3.63) is 83.4 Å². The molecule has 0 aliphatic carbocycles. The number of nitrogens with one attached hydrogen (secondary N) is 1. The van der Waals surface area contributed by atoms with Crippen LogP contribution in [0.4, 0.5) is 5.69 Å². The van der Waals surface area contributed by atoms with E-state index in [0.29, 0.717) is 22.6 Å². The van der Waals surface area contributed by atoms with Gasteiger partial charge in [0.05, 0.1) is 12.4 Å². The van der Waals surface area contributed by atoms with E-state index in [4.69, 9.17) is 16.3 Å². The molecule has 174 valence electrons. The first kappa shape index (κ1) is 23.9. The number of rotatable bonds is 9. The third kappa shape index (κ3) is 5.79. The van der Waals surface area contributed by atoms with Gasteiger partial charge in [-0.1, -0.05) is 42.4 Å². The maximum absolute atomic E-state index is 12.6. The summed E-state index contributed by atoms with van der Waals surface area (Å²) in [7, 11) is 0. The number of aromatic nitrogens is 3. The summed E-state index contributed by atoms with van der Waals surface area (Å²) in [6.45, 7) is 4.65. The minimum Gasteiger partial charge on any atom is -0.494 e. The molecule has 0 spiro atoms. The fourth-order valence-electron chi connectivity index (χ4n) is 3.39. The predicted molar refractivity (Wildman–Crippen MR) is 138 cm³/mol. The second kappa shape index (κ2) is 11.2. The van der Waals surface area contributed by atoms with Crippen molar-refractivity contribution in [1.82, 2.24) is 14.8 Å². The molecule has 1 aromatic heterocycles. The Bertz CT molecular complexity index is 1240. The van der Waals surface area contributed by atoms with E-state index in [2.05, 4.69) is 22.4 Å². The summed E-state index contributed by atoms with van der Waals surface area (Å²) < 4.78 is 7.51. The SMILES string of the molecule is CCOc1ccc(-n2c(SCC(=O)Nc3ccc(CC)cc3)nnc2-c2ccc(Cl)cc2)cc1. The van der Waals surface area contributed by atoms with E-state index in [1.54, 1.807) is 0 Å². The van der Waals surface area contributed by atoms with E-state index in [9.17, 15) is 4.79 Å². The highest BCUT2D eigenvalue weighted by molar-refractivity contribution is 7.99. The van der Waals surface area contributed by atoms with E-state index in [0.717, 1.165) is 29.1 Å². The van der Waals surface area contributed by atoms with Crippen LogP contribution in [-0.2, 0) is 11.2 Å². The number of carbonyl (C=O) groups is 1. The topological polar surface area (TPSA) is 69.0 Å². The fourth-order valence-corrected chi connectivity index (χ4v) is 4.27. The highest BCUT2D eigenvalue weighted by Gasteiger charge is 2.17. The van der Waals surface area contributed by atoms with Crippen LogP contribution in [0.3, 0.4) is 0 Å². The Kier molecular flexibility index (Phi) is 7.87. The molecule has 0 fully saturated rings. The number of ether oxygens (including phenoxy) is 1. The van der Waals surface area contributed by atoms with Crippen molar-refractivity contribution >= 4 is 35.0 Å². The molecule has 0 unspecified atom stereocenters. The maximum atomic E-state index is 12.6. The Hall–Kier alpha value is -3.29. The van der Waals surface area contributed by atoms with Gasteiger partial charge >= 0.3 is 0 Å². The lowest BCUT2D eigenvalue weighted by Gasteiger charge is -2.12. The van der Waals surface area contributed by atoms with Crippen molar-refractivity contribution in [2.75, 3.05) is 17.7 Å². The average molecular weight is 493 g/mol. The Labute approximate surface area is 208 Å². The van der Waals surface area contributed by atoms with E-state index in [1.807, 2.05) is 84.3 Å². The summed E-state index contributed by atoms with van der Waals surface area (Å²) in [5.41, 5.74) is 3.75. The van der Waals surface area contributed by atoms with Gasteiger partial charge < -0.3 is 10.1 Å². The number of nitrogens with zero attached hydrogens (tertiary/aromatic N) is 3. The third-order valence-electron chi connectivity index (χ3n) is 5.12. The third-order valence-corrected chi connectivity index (χ3v) is 6.30. The quantitative estimate of drug-likeness (QED) is 0.278. The number of hydrogen-bond donors (Lipinski definition) is 1. The molecule has 4 aromatic rings. The van der Waals surface area contributed by atoms with E-state index in [1.165, 1.54) is 17.3 Å². The number of aryl methyl sites for hydroxylation is 1. The van der Waals surface area contributed by atoms with Gasteiger partial charge in [0.25, 0.3) is 0 Å². The highest BCUT2D eigenvalue weighted by Crippen LogP contribution is 2.29. The van der Waals surface area contributed by atoms with Gasteiger partial charge in [-0.05, 0) is 79.6 Å². The molecule has 8 heteroatoms. The van der Waals surface area contributed by atoms with Crippen LogP contribution < -0.4 is 10.1 Å². The lowest BCUT2D eigenvalue weighted by Crippen LogP contribution is -2.14. The first-order chi connectivity index (χ1) is 16.6. The van der Waals surface area contributed by atoms with Crippen LogP contribution in [0.15, 0.2) is 78.0 Å². The zero-order valence-corrected chi connectivity index (χ0v) is 20.6. The molecule has 0 radical (unpaired) electrons. The molecule has 0 atom stereocenters. The molecule has 4 rings (SSSR count). The van der Waals surface area contributed by atoms with Gasteiger partial charge in [0.1, 0.15) is 5.75 Å². The average Bonchev–Trinajstić information content (AvgIpc) is 3.28. The molecular weight excluding hydrogens is 468 g/mol. The lowest BCUT2D eigenvalue weighted by molar-refractivity contribution is -0.113. The lowest BCUT2D eigenvalue weighted by atomic mass is 10.1. The van der Waals surface area contributed by atoms with E-state index < -0.39 is 0 Å². The number of thioether (sulfide) groups is 1. The van der Waals surface area contributed by atoms with Crippen molar-refractivity contribution in [3.63, 3.8) is 0 Å². The first-order valence-electron chi connectivity index (χ1n) is 11.0. The van der Waals surface area contributed by atoms with Crippen LogP contribution in [0.5, 0.6) is 5.75 Å². The summed E-state index contributed by atoms with van der Waals surface area (Å²) in [5.74, 6) is 1.54. The van der Waals surface area contributed by atoms with Gasteiger partial charge in [0.2, 0.25) is 5.91 Å². The number of hydrogen-bond acceptors (Lipinski definition) is 5. The standard InChI is InChI=1S/C26H25ClN4O2S/c1-3-18-5-11-21(12-6-18)28-24(32)17-34-26-30-29-25(19-7-9-20(27)10-8-19)31(26)22-13-15-23(16-14-22)33-4-2/h5-16H,3-4,17H2,1-2H3,(H,28,32). The van der Waals surface area contributed by atoms with E-state index >= 15 is 0 Å². The second-order valence-corrected chi connectivity index (χ2v) is 8.84. The first-order valence-corrected chi connectivity index (χ1v) is 12.4. The zero-order valence-electron chi connectivity index (χ0n) is 19.0. The maximum Gasteiger partial charge on any atom is 0.234 e. The van der Waals surface area contributed by atoms with Crippen LogP contribution >= 0.6 is 23.4 Å². The van der Waals surface area contributed by atoms with Gasteiger partial charge in [0, 0.05) is 22.0 Å². The Morgan fingerprint density at radius 2 is 1.68 bits per heavy atom. The summed E-state index contributed by atoms with van der Waals surface area (Å²) in [6.07, 6.45) is 0.960. The van der Waals surface area contributed by atoms with Crippen molar-refractivity contribution in [1.29, 1.82) is 0 Å². The van der Waals surface area contributed by atoms with Crippen molar-refractivity contribution in [2.45, 2.75) is 25.4 Å². The van der Waals surface area contributed by atoms with E-state index in [-0.39, 0.29) is 11.7 Å². The van der Waals surface area contributed by atoms with Gasteiger partial charge in [-0.3, -0.25) is 9.36 Å². The molecule has 0 saturated heterocycles. The molecule has 1 heterocycles. The van der Waals surface area contributed by atoms with Gasteiger partial charge in [-0.2, -0.15) is 0 Å². The molecule has 0 bridgehead atoms. The molecule has 3 aromatic carbocycles. The number of amides is 1. The minimum atomic E-state index is -0.108. The molecule has 0 saturated carbocycles. The molecule has 0 aliphatic heterocycles. The highest BCUT2D eigenvalue weighted by atomic mass is 35.5. The number of benzene rings is 3. The number of carbonyl (C=O) groups excluding carboxylic acids is 1. The number of anilines is 1. The van der Waals surface area contributed by atoms with Crippen LogP contribution in [-0.4, -0.2) is 33.0 Å². The summed E-state index contributed by atoms with van der Waals surface area (Å²) in [4.78, 5) is 12.6. The summed E-state index contributed by atoms with van der Waals surface area (Å²) in [5, 5.41) is 13.0. The van der Waals surface area contributed by atoms with Gasteiger partial charge in [-0.15, -0.1) is 10.2 Å². The smallest absolute Gasteiger partial charge is 0.234 e. The summed E-state index contributed by atoms with van der Waals surface area (Å²) >= 11 is 7.40. The van der Waals surface area contributed by atoms with Crippen LogP contribution in [0, 0.1) is 0 Å². The Morgan fingerprint density at radius 1 is 0.971 bits per heavy atom. The Balaban J connectivity index is 1.57. The molecule has 1 N–H and O–H groups in total. The van der Waals surface area contributed by atoms with Crippen molar-refractivity contribution in [2.24, 2.45) is 0 Å². The van der Waals surface area contributed by atoms with Gasteiger partial charge in [-0.25, -0.2) is 0 Å². The largest absolute Gasteiger partial charge is 0.494 e. The molecule has 1 amide bonds. The molecule has 34 heavy (non-hydrogen) atoms. The molecular formula is C26H25ClN4O2S. The second-order valence-electron chi connectivity index (χ2n) is 7.46. The van der Waals surface area contributed by atoms with Crippen LogP contribution in [0.1, 0.15) is 19.4 Å².